The first kappa shape index (κ1) is 19.4. The summed E-state index contributed by atoms with van der Waals surface area (Å²) in [4.78, 5) is 16.0. The number of nitrogens with one attached hydrogen (secondary N) is 2. The van der Waals surface area contributed by atoms with E-state index in [1.807, 2.05) is 33.0 Å². The van der Waals surface area contributed by atoms with Gasteiger partial charge in [0.1, 0.15) is 5.60 Å². The molecule has 0 aromatic carbocycles. The van der Waals surface area contributed by atoms with Gasteiger partial charge in [-0.25, -0.2) is 4.79 Å². The van der Waals surface area contributed by atoms with Crippen LogP contribution in [0.3, 0.4) is 0 Å². The molecule has 1 atom stereocenters. The summed E-state index contributed by atoms with van der Waals surface area (Å²) in [5.41, 5.74) is 1.94. The number of aromatic nitrogens is 1. The van der Waals surface area contributed by atoms with Crippen LogP contribution in [0.15, 0.2) is 18.5 Å². The van der Waals surface area contributed by atoms with Crippen LogP contribution in [0.2, 0.25) is 0 Å². The van der Waals surface area contributed by atoms with Gasteiger partial charge in [-0.3, -0.25) is 4.98 Å². The number of pyridine rings is 1. The van der Waals surface area contributed by atoms with Gasteiger partial charge in [-0.1, -0.05) is 19.8 Å². The Hall–Kier alpha value is -1.62. The van der Waals surface area contributed by atoms with E-state index in [1.54, 1.807) is 6.20 Å². The number of nitrogens with zero attached hydrogens (tertiary/aromatic N) is 1. The van der Waals surface area contributed by atoms with Gasteiger partial charge < -0.3 is 15.4 Å². The fourth-order valence-electron chi connectivity index (χ4n) is 2.18. The normalized spacial score (nSPS) is 12.7. The molecule has 5 nitrogen and oxygen atoms in total. The molecule has 23 heavy (non-hydrogen) atoms. The predicted molar refractivity (Wildman–Crippen MR) is 93.4 cm³/mol. The van der Waals surface area contributed by atoms with Crippen LogP contribution in [0.25, 0.3) is 0 Å². The Kier molecular flexibility index (Phi) is 8.03. The molecule has 1 amide bonds. The van der Waals surface area contributed by atoms with E-state index in [0.717, 1.165) is 25.8 Å². The zero-order chi connectivity index (χ0) is 17.3. The second-order valence-corrected chi connectivity index (χ2v) is 6.91. The van der Waals surface area contributed by atoms with Gasteiger partial charge in [0.2, 0.25) is 0 Å². The van der Waals surface area contributed by atoms with Crippen LogP contribution in [-0.4, -0.2) is 29.3 Å². The maximum absolute atomic E-state index is 11.8. The maximum atomic E-state index is 11.8. The van der Waals surface area contributed by atoms with E-state index in [9.17, 15) is 4.79 Å². The summed E-state index contributed by atoms with van der Waals surface area (Å²) in [5.74, 6) is 0. The first-order chi connectivity index (χ1) is 10.8. The highest BCUT2D eigenvalue weighted by molar-refractivity contribution is 5.67. The van der Waals surface area contributed by atoms with Gasteiger partial charge >= 0.3 is 6.09 Å². The lowest BCUT2D eigenvalue weighted by atomic mass is 10.1. The first-order valence-corrected chi connectivity index (χ1v) is 8.41. The van der Waals surface area contributed by atoms with Gasteiger partial charge in [0.15, 0.2) is 0 Å². The number of unbranched alkanes of at least 4 members (excludes halogenated alkanes) is 1. The molecule has 0 radical (unpaired) electrons. The minimum absolute atomic E-state index is 0.224. The van der Waals surface area contributed by atoms with E-state index in [-0.39, 0.29) is 12.1 Å². The number of carbonyl (C=O) groups is 1. The van der Waals surface area contributed by atoms with Crippen LogP contribution in [0.1, 0.15) is 58.1 Å². The first-order valence-electron chi connectivity index (χ1n) is 8.41. The molecule has 5 heteroatoms. The van der Waals surface area contributed by atoms with Crippen molar-refractivity contribution in [3.8, 4) is 0 Å². The molecular weight excluding hydrogens is 290 g/mol. The number of aryl methyl sites for hydroxylation is 1. The highest BCUT2D eigenvalue weighted by Gasteiger charge is 2.17. The molecule has 1 heterocycles. The maximum Gasteiger partial charge on any atom is 0.407 e. The molecule has 1 aromatic heterocycles. The van der Waals surface area contributed by atoms with Gasteiger partial charge in [-0.05, 0) is 51.3 Å². The van der Waals surface area contributed by atoms with E-state index in [0.29, 0.717) is 6.54 Å². The van der Waals surface area contributed by atoms with Crippen molar-refractivity contribution in [1.82, 2.24) is 15.6 Å². The molecule has 0 saturated carbocycles. The zero-order valence-corrected chi connectivity index (χ0v) is 15.1. The Morgan fingerprint density at radius 1 is 1.39 bits per heavy atom. The van der Waals surface area contributed by atoms with E-state index < -0.39 is 5.60 Å². The number of alkyl carbamates (subject to hydrolysis) is 1. The summed E-state index contributed by atoms with van der Waals surface area (Å²) >= 11 is 0. The Labute approximate surface area is 140 Å². The second kappa shape index (κ2) is 9.50. The lowest BCUT2D eigenvalue weighted by molar-refractivity contribution is 0.0521. The Morgan fingerprint density at radius 3 is 2.74 bits per heavy atom. The second-order valence-electron chi connectivity index (χ2n) is 6.91. The smallest absolute Gasteiger partial charge is 0.407 e. The Morgan fingerprint density at radius 2 is 2.13 bits per heavy atom. The number of ether oxygens (including phenoxy) is 1. The number of hydrogen-bond donors (Lipinski definition) is 2. The minimum atomic E-state index is -0.469. The molecule has 130 valence electrons. The van der Waals surface area contributed by atoms with Gasteiger partial charge in [0.05, 0.1) is 0 Å². The lowest BCUT2D eigenvalue weighted by Crippen LogP contribution is -2.42. The van der Waals surface area contributed by atoms with E-state index >= 15 is 0 Å². The van der Waals surface area contributed by atoms with Crippen molar-refractivity contribution in [3.63, 3.8) is 0 Å². The molecule has 1 aromatic rings. The van der Waals surface area contributed by atoms with E-state index in [2.05, 4.69) is 29.5 Å². The number of carbonyl (C=O) groups excluding carboxylic acids is 1. The van der Waals surface area contributed by atoms with Crippen LogP contribution in [0, 0.1) is 6.92 Å². The summed E-state index contributed by atoms with van der Waals surface area (Å²) in [6, 6.07) is 2.24. The predicted octanol–water partition coefficient (Wildman–Crippen LogP) is 3.56. The standard InChI is InChI=1S/C18H31N3O2/c1-6-7-8-16(13-21-17(22)23-18(3,4)5)20-12-15-11-19-10-9-14(15)2/h9-11,16,20H,6-8,12-13H2,1-5H3,(H,21,22). The molecule has 0 saturated heterocycles. The number of rotatable bonds is 8. The van der Waals surface area contributed by atoms with Crippen LogP contribution < -0.4 is 10.6 Å². The molecule has 0 fully saturated rings. The highest BCUT2D eigenvalue weighted by atomic mass is 16.6. The SMILES string of the molecule is CCCCC(CNC(=O)OC(C)(C)C)NCc1cnccc1C. The summed E-state index contributed by atoms with van der Waals surface area (Å²) in [7, 11) is 0. The number of hydrogen-bond acceptors (Lipinski definition) is 4. The Bertz CT molecular complexity index is 483. The molecule has 0 aliphatic carbocycles. The zero-order valence-electron chi connectivity index (χ0n) is 15.1. The average Bonchev–Trinajstić information content (AvgIpc) is 2.46. The monoisotopic (exact) mass is 321 g/mol. The fraction of sp³-hybridized carbons (Fsp3) is 0.667. The lowest BCUT2D eigenvalue weighted by Gasteiger charge is -2.23. The summed E-state index contributed by atoms with van der Waals surface area (Å²) < 4.78 is 5.29. The molecule has 2 N–H and O–H groups in total. The van der Waals surface area contributed by atoms with E-state index in [1.165, 1.54) is 11.1 Å². The van der Waals surface area contributed by atoms with Crippen LogP contribution >= 0.6 is 0 Å². The third-order valence-corrected chi connectivity index (χ3v) is 3.53. The van der Waals surface area contributed by atoms with Crippen molar-refractivity contribution in [1.29, 1.82) is 0 Å². The van der Waals surface area contributed by atoms with Gasteiger partial charge in [-0.15, -0.1) is 0 Å². The van der Waals surface area contributed by atoms with Crippen molar-refractivity contribution in [2.75, 3.05) is 6.54 Å². The van der Waals surface area contributed by atoms with Crippen molar-refractivity contribution in [3.05, 3.63) is 29.6 Å². The third kappa shape index (κ3) is 8.55. The van der Waals surface area contributed by atoms with Crippen LogP contribution in [-0.2, 0) is 11.3 Å². The highest BCUT2D eigenvalue weighted by Crippen LogP contribution is 2.08. The van der Waals surface area contributed by atoms with Gasteiger partial charge in [-0.2, -0.15) is 0 Å². The number of amides is 1. The van der Waals surface area contributed by atoms with E-state index in [4.69, 9.17) is 4.74 Å². The Balaban J connectivity index is 2.49. The van der Waals surface area contributed by atoms with Crippen molar-refractivity contribution >= 4 is 6.09 Å². The molecule has 0 spiro atoms. The minimum Gasteiger partial charge on any atom is -0.444 e. The third-order valence-electron chi connectivity index (χ3n) is 3.53. The molecule has 0 bridgehead atoms. The quantitative estimate of drug-likeness (QED) is 0.768. The summed E-state index contributed by atoms with van der Waals surface area (Å²) in [6.45, 7) is 11.2. The average molecular weight is 321 g/mol. The largest absolute Gasteiger partial charge is 0.444 e. The molecule has 0 aliphatic heterocycles. The van der Waals surface area contributed by atoms with Crippen LogP contribution in [0.4, 0.5) is 4.79 Å². The summed E-state index contributed by atoms with van der Waals surface area (Å²) in [5, 5.41) is 6.38. The van der Waals surface area contributed by atoms with Crippen molar-refractivity contribution in [2.45, 2.75) is 72.1 Å². The molecule has 1 rings (SSSR count). The van der Waals surface area contributed by atoms with Crippen molar-refractivity contribution < 1.29 is 9.53 Å². The van der Waals surface area contributed by atoms with Gasteiger partial charge in [0, 0.05) is 31.5 Å². The van der Waals surface area contributed by atoms with Gasteiger partial charge in [0.25, 0.3) is 0 Å². The van der Waals surface area contributed by atoms with Crippen molar-refractivity contribution in [2.24, 2.45) is 0 Å². The molecule has 0 aliphatic rings. The molecule has 1 unspecified atom stereocenters. The topological polar surface area (TPSA) is 63.2 Å². The summed E-state index contributed by atoms with van der Waals surface area (Å²) in [6.07, 6.45) is 6.61. The fourth-order valence-corrected chi connectivity index (χ4v) is 2.18. The van der Waals surface area contributed by atoms with Crippen LogP contribution in [0.5, 0.6) is 0 Å². The molecular formula is C18H31N3O2.